The largest absolute Gasteiger partial charge is 0.480 e. The first-order valence-corrected chi connectivity index (χ1v) is 7.16. The summed E-state index contributed by atoms with van der Waals surface area (Å²) in [7, 11) is 0. The van der Waals surface area contributed by atoms with Crippen molar-refractivity contribution in [1.29, 1.82) is 0 Å². The van der Waals surface area contributed by atoms with Crippen LogP contribution >= 0.6 is 0 Å². The summed E-state index contributed by atoms with van der Waals surface area (Å²) in [5.74, 6) is 0.603. The van der Waals surface area contributed by atoms with Gasteiger partial charge in [-0.15, -0.1) is 0 Å². The maximum atomic E-state index is 10.5. The summed E-state index contributed by atoms with van der Waals surface area (Å²) in [6.07, 6.45) is 10.4. The summed E-state index contributed by atoms with van der Waals surface area (Å²) in [5, 5.41) is 8.64. The molecule has 3 atom stereocenters. The van der Waals surface area contributed by atoms with Gasteiger partial charge in [-0.1, -0.05) is 52.2 Å². The van der Waals surface area contributed by atoms with Crippen molar-refractivity contribution in [2.24, 2.45) is 17.6 Å². The van der Waals surface area contributed by atoms with E-state index < -0.39 is 12.0 Å². The molecule has 0 saturated heterocycles. The zero-order chi connectivity index (χ0) is 14.0. The number of allylic oxidation sites excluding steroid dienone is 2. The van der Waals surface area contributed by atoms with E-state index in [4.69, 9.17) is 10.8 Å². The second kappa shape index (κ2) is 10.1. The predicted octanol–water partition coefficient (Wildman–Crippen LogP) is 3.59. The van der Waals surface area contributed by atoms with E-state index in [1.807, 2.05) is 0 Å². The zero-order valence-corrected chi connectivity index (χ0v) is 12.1. The number of rotatable bonds is 10. The molecule has 0 aromatic carbocycles. The van der Waals surface area contributed by atoms with Crippen LogP contribution in [0, 0.1) is 11.8 Å². The van der Waals surface area contributed by atoms with Crippen LogP contribution in [-0.4, -0.2) is 17.1 Å². The first-order valence-electron chi connectivity index (χ1n) is 7.16. The van der Waals surface area contributed by atoms with Gasteiger partial charge in [0.05, 0.1) is 0 Å². The third-order valence-electron chi connectivity index (χ3n) is 3.62. The molecule has 0 aliphatic heterocycles. The molecule has 0 radical (unpaired) electrons. The molecule has 106 valence electrons. The molecular weight excluding hydrogens is 226 g/mol. The molecule has 0 rings (SSSR count). The zero-order valence-electron chi connectivity index (χ0n) is 12.1. The standard InChI is InChI=1S/C15H29NO2/c1-4-9-13(5-2)12(3)10-7-6-8-11-14(16)15(17)18/h6-7,12-14H,4-5,8-11,16H2,1-3H3,(H,17,18). The molecule has 3 N–H and O–H groups in total. The van der Waals surface area contributed by atoms with Crippen LogP contribution in [0.1, 0.15) is 59.3 Å². The van der Waals surface area contributed by atoms with Crippen molar-refractivity contribution in [1.82, 2.24) is 0 Å². The molecule has 3 nitrogen and oxygen atoms in total. The molecule has 0 aliphatic carbocycles. The highest BCUT2D eigenvalue weighted by atomic mass is 16.4. The summed E-state index contributed by atoms with van der Waals surface area (Å²) < 4.78 is 0. The summed E-state index contributed by atoms with van der Waals surface area (Å²) in [6.45, 7) is 6.79. The third kappa shape index (κ3) is 7.49. The Morgan fingerprint density at radius 3 is 2.44 bits per heavy atom. The van der Waals surface area contributed by atoms with Gasteiger partial charge in [-0.05, 0) is 31.1 Å². The predicted molar refractivity (Wildman–Crippen MR) is 76.5 cm³/mol. The summed E-state index contributed by atoms with van der Waals surface area (Å²) in [4.78, 5) is 10.5. The molecule has 0 fully saturated rings. The Morgan fingerprint density at radius 1 is 1.28 bits per heavy atom. The van der Waals surface area contributed by atoms with E-state index in [0.29, 0.717) is 12.3 Å². The van der Waals surface area contributed by atoms with Crippen molar-refractivity contribution in [3.05, 3.63) is 12.2 Å². The lowest BCUT2D eigenvalue weighted by Crippen LogP contribution is -2.29. The minimum atomic E-state index is -0.911. The van der Waals surface area contributed by atoms with Crippen molar-refractivity contribution in [3.63, 3.8) is 0 Å². The fourth-order valence-electron chi connectivity index (χ4n) is 2.28. The van der Waals surface area contributed by atoms with Gasteiger partial charge in [-0.25, -0.2) is 0 Å². The lowest BCUT2D eigenvalue weighted by Gasteiger charge is -2.20. The van der Waals surface area contributed by atoms with Gasteiger partial charge in [0.25, 0.3) is 0 Å². The molecular formula is C15H29NO2. The van der Waals surface area contributed by atoms with E-state index in [2.05, 4.69) is 32.9 Å². The van der Waals surface area contributed by atoms with E-state index in [0.717, 1.165) is 18.8 Å². The lowest BCUT2D eigenvalue weighted by atomic mass is 9.85. The highest BCUT2D eigenvalue weighted by Gasteiger charge is 2.13. The molecule has 0 saturated carbocycles. The first kappa shape index (κ1) is 17.2. The number of carboxylic acid groups (broad SMARTS) is 1. The molecule has 0 bridgehead atoms. The molecule has 0 aliphatic rings. The van der Waals surface area contributed by atoms with Crippen LogP contribution in [0.15, 0.2) is 12.2 Å². The number of carbonyl (C=O) groups is 1. The van der Waals surface area contributed by atoms with Gasteiger partial charge in [0, 0.05) is 0 Å². The van der Waals surface area contributed by atoms with Crippen LogP contribution in [0.4, 0.5) is 0 Å². The number of aliphatic carboxylic acids is 1. The van der Waals surface area contributed by atoms with Crippen LogP contribution in [0.3, 0.4) is 0 Å². The van der Waals surface area contributed by atoms with Crippen molar-refractivity contribution >= 4 is 5.97 Å². The van der Waals surface area contributed by atoms with Gasteiger partial charge in [0.15, 0.2) is 0 Å². The van der Waals surface area contributed by atoms with Gasteiger partial charge in [0.1, 0.15) is 6.04 Å². The Labute approximate surface area is 111 Å². The van der Waals surface area contributed by atoms with Crippen molar-refractivity contribution in [2.45, 2.75) is 65.3 Å². The minimum Gasteiger partial charge on any atom is -0.480 e. The molecule has 3 heteroatoms. The Hall–Kier alpha value is -0.830. The number of hydrogen-bond acceptors (Lipinski definition) is 2. The van der Waals surface area contributed by atoms with Crippen molar-refractivity contribution in [2.75, 3.05) is 0 Å². The molecule has 18 heavy (non-hydrogen) atoms. The van der Waals surface area contributed by atoms with Gasteiger partial charge in [0.2, 0.25) is 0 Å². The highest BCUT2D eigenvalue weighted by Crippen LogP contribution is 2.24. The topological polar surface area (TPSA) is 63.3 Å². The number of nitrogens with two attached hydrogens (primary N) is 1. The molecule has 0 amide bonds. The first-order chi connectivity index (χ1) is 8.52. The fraction of sp³-hybridized carbons (Fsp3) is 0.800. The molecule has 0 aromatic rings. The average Bonchev–Trinajstić information content (AvgIpc) is 2.34. The smallest absolute Gasteiger partial charge is 0.320 e. The Bertz CT molecular complexity index is 251. The number of carboxylic acids is 1. The van der Waals surface area contributed by atoms with Crippen LogP contribution in [0.5, 0.6) is 0 Å². The molecule has 3 unspecified atom stereocenters. The second-order valence-electron chi connectivity index (χ2n) is 5.16. The van der Waals surface area contributed by atoms with Gasteiger partial charge >= 0.3 is 5.97 Å². The highest BCUT2D eigenvalue weighted by molar-refractivity contribution is 5.72. The molecule has 0 aromatic heterocycles. The summed E-state index contributed by atoms with van der Waals surface area (Å²) in [6, 6.07) is -0.726. The van der Waals surface area contributed by atoms with Crippen LogP contribution < -0.4 is 5.73 Å². The third-order valence-corrected chi connectivity index (χ3v) is 3.62. The van der Waals surface area contributed by atoms with Crippen molar-refractivity contribution < 1.29 is 9.90 Å². The van der Waals surface area contributed by atoms with E-state index in [1.165, 1.54) is 19.3 Å². The van der Waals surface area contributed by atoms with Crippen LogP contribution in [0.2, 0.25) is 0 Å². The normalized spacial score (nSPS) is 16.7. The van der Waals surface area contributed by atoms with E-state index in [-0.39, 0.29) is 0 Å². The summed E-state index contributed by atoms with van der Waals surface area (Å²) in [5.41, 5.74) is 5.43. The Morgan fingerprint density at radius 2 is 1.94 bits per heavy atom. The fourth-order valence-corrected chi connectivity index (χ4v) is 2.28. The van der Waals surface area contributed by atoms with Crippen molar-refractivity contribution in [3.8, 4) is 0 Å². The lowest BCUT2D eigenvalue weighted by molar-refractivity contribution is -0.138. The quantitative estimate of drug-likeness (QED) is 0.586. The molecule has 0 heterocycles. The number of hydrogen-bond donors (Lipinski definition) is 2. The van der Waals surface area contributed by atoms with E-state index in [1.54, 1.807) is 0 Å². The van der Waals surface area contributed by atoms with Gasteiger partial charge < -0.3 is 10.8 Å². The monoisotopic (exact) mass is 255 g/mol. The summed E-state index contributed by atoms with van der Waals surface area (Å²) >= 11 is 0. The minimum absolute atomic E-state index is 0.520. The average molecular weight is 255 g/mol. The van der Waals surface area contributed by atoms with Gasteiger partial charge in [-0.3, -0.25) is 4.79 Å². The Balaban J connectivity index is 3.83. The van der Waals surface area contributed by atoms with Crippen LogP contribution in [-0.2, 0) is 4.79 Å². The van der Waals surface area contributed by atoms with Crippen LogP contribution in [0.25, 0.3) is 0 Å². The maximum absolute atomic E-state index is 10.5. The molecule has 0 spiro atoms. The van der Waals surface area contributed by atoms with E-state index >= 15 is 0 Å². The van der Waals surface area contributed by atoms with E-state index in [9.17, 15) is 4.79 Å². The Kier molecular flexibility index (Phi) is 9.66. The maximum Gasteiger partial charge on any atom is 0.320 e. The second-order valence-corrected chi connectivity index (χ2v) is 5.16. The van der Waals surface area contributed by atoms with Gasteiger partial charge in [-0.2, -0.15) is 0 Å². The SMILES string of the molecule is CCCC(CC)C(C)CC=CCCC(N)C(=O)O.